The summed E-state index contributed by atoms with van der Waals surface area (Å²) in [6, 6.07) is 8.98. The van der Waals surface area contributed by atoms with E-state index in [-0.39, 0.29) is 54.9 Å². The van der Waals surface area contributed by atoms with Crippen LogP contribution >= 0.6 is 0 Å². The lowest BCUT2D eigenvalue weighted by atomic mass is 9.86. The van der Waals surface area contributed by atoms with Crippen LogP contribution in [-0.4, -0.2) is 69.4 Å². The van der Waals surface area contributed by atoms with Gasteiger partial charge in [-0.15, -0.1) is 0 Å². The lowest BCUT2D eigenvalue weighted by Gasteiger charge is -2.38. The van der Waals surface area contributed by atoms with Gasteiger partial charge in [0.25, 0.3) is 0 Å². The molecule has 0 radical (unpaired) electrons. The molecule has 0 N–H and O–H groups in total. The van der Waals surface area contributed by atoms with Crippen LogP contribution in [0.3, 0.4) is 0 Å². The number of ether oxygens (including phenoxy) is 2. The Balaban J connectivity index is 1.53. The van der Waals surface area contributed by atoms with Gasteiger partial charge in [-0.05, 0) is 43.2 Å². The van der Waals surface area contributed by atoms with Gasteiger partial charge in [0.15, 0.2) is 11.6 Å². The first-order chi connectivity index (χ1) is 17.0. The molecule has 1 amide bonds. The first-order valence-corrected chi connectivity index (χ1v) is 13.0. The van der Waals surface area contributed by atoms with E-state index in [1.165, 1.54) is 41.7 Å². The van der Waals surface area contributed by atoms with Crippen molar-refractivity contribution in [1.82, 2.24) is 9.21 Å². The van der Waals surface area contributed by atoms with Crippen molar-refractivity contribution in [1.29, 1.82) is 0 Å². The molecule has 2 aromatic rings. The Morgan fingerprint density at radius 1 is 1.00 bits per heavy atom. The summed E-state index contributed by atoms with van der Waals surface area (Å²) in [4.78, 5) is 26.5. The predicted octanol–water partition coefficient (Wildman–Crippen LogP) is 3.47. The number of carbonyl (C=O) groups is 2. The van der Waals surface area contributed by atoms with Crippen LogP contribution in [0.1, 0.15) is 37.0 Å². The van der Waals surface area contributed by atoms with Gasteiger partial charge in [-0.25, -0.2) is 22.0 Å². The zero-order valence-corrected chi connectivity index (χ0v) is 21.3. The lowest BCUT2D eigenvalue weighted by Crippen LogP contribution is -2.53. The van der Waals surface area contributed by atoms with Crippen molar-refractivity contribution >= 4 is 21.9 Å². The molecule has 8 nitrogen and oxygen atoms in total. The summed E-state index contributed by atoms with van der Waals surface area (Å²) in [7, 11) is -2.62. The highest BCUT2D eigenvalue weighted by atomic mass is 32.2. The van der Waals surface area contributed by atoms with E-state index in [2.05, 4.69) is 4.74 Å². The Bertz CT molecular complexity index is 1210. The van der Waals surface area contributed by atoms with Gasteiger partial charge in [0.1, 0.15) is 5.75 Å². The minimum atomic E-state index is -3.84. The third-order valence-electron chi connectivity index (χ3n) is 6.10. The molecule has 3 rings (SSSR count). The SMILES string of the molecule is COC(=O)c1cccc(S(=O)(=O)N2CCN(C(=O)C(C)(C)CCCOc3ccc(F)c(F)c3)CC2)c1. The molecule has 0 spiro atoms. The van der Waals surface area contributed by atoms with Crippen molar-refractivity contribution in [2.75, 3.05) is 39.9 Å². The third-order valence-corrected chi connectivity index (χ3v) is 8.00. The molecular formula is C25H30F2N2O6S. The average Bonchev–Trinajstić information content (AvgIpc) is 2.87. The second kappa shape index (κ2) is 11.3. The van der Waals surface area contributed by atoms with Crippen molar-refractivity contribution in [3.8, 4) is 5.75 Å². The molecule has 1 aliphatic heterocycles. The van der Waals surface area contributed by atoms with Gasteiger partial charge in [-0.2, -0.15) is 4.31 Å². The quantitative estimate of drug-likeness (QED) is 0.369. The first kappa shape index (κ1) is 27.5. The lowest BCUT2D eigenvalue weighted by molar-refractivity contribution is -0.142. The maximum absolute atomic E-state index is 13.3. The van der Waals surface area contributed by atoms with E-state index in [1.54, 1.807) is 4.90 Å². The number of carbonyl (C=O) groups excluding carboxylic acids is 2. The fourth-order valence-corrected chi connectivity index (χ4v) is 5.46. The summed E-state index contributed by atoms with van der Waals surface area (Å²) >= 11 is 0. The van der Waals surface area contributed by atoms with Gasteiger partial charge in [0, 0.05) is 37.7 Å². The minimum absolute atomic E-state index is 0.00783. The summed E-state index contributed by atoms with van der Waals surface area (Å²) in [5.74, 6) is -2.44. The molecule has 11 heteroatoms. The highest BCUT2D eigenvalue weighted by Gasteiger charge is 2.36. The molecule has 1 fully saturated rings. The molecule has 0 atom stereocenters. The van der Waals surface area contributed by atoms with Crippen LogP contribution in [0.15, 0.2) is 47.4 Å². The predicted molar refractivity (Wildman–Crippen MR) is 128 cm³/mol. The van der Waals surface area contributed by atoms with E-state index in [9.17, 15) is 26.8 Å². The van der Waals surface area contributed by atoms with E-state index in [0.29, 0.717) is 12.8 Å². The topological polar surface area (TPSA) is 93.2 Å². The molecule has 0 bridgehead atoms. The number of hydrogen-bond acceptors (Lipinski definition) is 6. The smallest absolute Gasteiger partial charge is 0.337 e. The zero-order chi connectivity index (χ0) is 26.5. The number of esters is 1. The van der Waals surface area contributed by atoms with Crippen molar-refractivity contribution in [2.45, 2.75) is 31.6 Å². The molecule has 0 saturated carbocycles. The van der Waals surface area contributed by atoms with Gasteiger partial charge in [0.05, 0.1) is 24.2 Å². The van der Waals surface area contributed by atoms with Crippen LogP contribution in [0.4, 0.5) is 8.78 Å². The summed E-state index contributed by atoms with van der Waals surface area (Å²) in [5.41, 5.74) is -0.574. The highest BCUT2D eigenvalue weighted by molar-refractivity contribution is 7.89. The van der Waals surface area contributed by atoms with Crippen LogP contribution in [-0.2, 0) is 19.6 Å². The molecule has 2 aromatic carbocycles. The van der Waals surface area contributed by atoms with E-state index < -0.39 is 33.0 Å². The van der Waals surface area contributed by atoms with Crippen molar-refractivity contribution < 1.29 is 36.3 Å². The number of amides is 1. The van der Waals surface area contributed by atoms with Crippen LogP contribution in [0, 0.1) is 17.0 Å². The molecule has 1 saturated heterocycles. The Hall–Kier alpha value is -3.05. The van der Waals surface area contributed by atoms with Crippen molar-refractivity contribution in [3.05, 3.63) is 59.7 Å². The Morgan fingerprint density at radius 2 is 1.69 bits per heavy atom. The standard InChI is InChI=1S/C25H30F2N2O6S/c1-25(2,10-5-15-35-19-8-9-21(26)22(27)17-19)24(31)28-11-13-29(14-12-28)36(32,33)20-7-4-6-18(16-20)23(30)34-3/h4,6-9,16-17H,5,10-15H2,1-3H3. The molecule has 0 aromatic heterocycles. The highest BCUT2D eigenvalue weighted by Crippen LogP contribution is 2.27. The van der Waals surface area contributed by atoms with Gasteiger partial charge in [-0.1, -0.05) is 19.9 Å². The molecular weight excluding hydrogens is 494 g/mol. The number of piperazine rings is 1. The van der Waals surface area contributed by atoms with Crippen molar-refractivity contribution in [3.63, 3.8) is 0 Å². The Kier molecular flexibility index (Phi) is 8.67. The first-order valence-electron chi connectivity index (χ1n) is 11.5. The summed E-state index contributed by atoms with van der Waals surface area (Å²) < 4.78 is 63.9. The fraction of sp³-hybridized carbons (Fsp3) is 0.440. The summed E-state index contributed by atoms with van der Waals surface area (Å²) in [6.07, 6.45) is 1.01. The normalized spacial score (nSPS) is 15.0. The molecule has 1 aliphatic rings. The number of benzene rings is 2. The van der Waals surface area contributed by atoms with Gasteiger partial charge in [0.2, 0.25) is 15.9 Å². The third kappa shape index (κ3) is 6.38. The molecule has 0 aliphatic carbocycles. The molecule has 1 heterocycles. The Labute approximate surface area is 209 Å². The largest absolute Gasteiger partial charge is 0.493 e. The number of nitrogens with zero attached hydrogens (tertiary/aromatic N) is 2. The number of halogens is 2. The number of rotatable bonds is 9. The van der Waals surface area contributed by atoms with E-state index in [1.807, 2.05) is 13.8 Å². The number of methoxy groups -OCH3 is 1. The maximum atomic E-state index is 13.3. The summed E-state index contributed by atoms with van der Waals surface area (Å²) in [5, 5.41) is 0. The second-order valence-corrected chi connectivity index (χ2v) is 11.1. The average molecular weight is 525 g/mol. The van der Waals surface area contributed by atoms with Crippen LogP contribution in [0.2, 0.25) is 0 Å². The van der Waals surface area contributed by atoms with Gasteiger partial charge >= 0.3 is 5.97 Å². The minimum Gasteiger partial charge on any atom is -0.493 e. The van der Waals surface area contributed by atoms with Crippen LogP contribution < -0.4 is 4.74 Å². The molecule has 36 heavy (non-hydrogen) atoms. The second-order valence-electron chi connectivity index (χ2n) is 9.13. The van der Waals surface area contributed by atoms with Crippen LogP contribution in [0.5, 0.6) is 5.75 Å². The van der Waals surface area contributed by atoms with Gasteiger partial charge < -0.3 is 14.4 Å². The fourth-order valence-electron chi connectivity index (χ4n) is 3.99. The van der Waals surface area contributed by atoms with E-state index >= 15 is 0 Å². The van der Waals surface area contributed by atoms with Crippen molar-refractivity contribution in [2.24, 2.45) is 5.41 Å². The monoisotopic (exact) mass is 524 g/mol. The Morgan fingerprint density at radius 3 is 2.33 bits per heavy atom. The van der Waals surface area contributed by atoms with Gasteiger partial charge in [-0.3, -0.25) is 4.79 Å². The number of hydrogen-bond donors (Lipinski definition) is 0. The zero-order valence-electron chi connectivity index (χ0n) is 20.5. The van der Waals surface area contributed by atoms with Crippen LogP contribution in [0.25, 0.3) is 0 Å². The van der Waals surface area contributed by atoms with E-state index in [4.69, 9.17) is 4.74 Å². The summed E-state index contributed by atoms with van der Waals surface area (Å²) in [6.45, 7) is 4.60. The molecule has 0 unspecified atom stereocenters. The number of sulfonamides is 1. The maximum Gasteiger partial charge on any atom is 0.337 e. The van der Waals surface area contributed by atoms with E-state index in [0.717, 1.165) is 12.1 Å². The molecule has 196 valence electrons.